The Bertz CT molecular complexity index is 1210. The molecule has 3 nitrogen and oxygen atoms in total. The number of benzene rings is 4. The van der Waals surface area contributed by atoms with Gasteiger partial charge in [0, 0.05) is 41.7 Å². The molecule has 0 unspecified atom stereocenters. The van der Waals surface area contributed by atoms with Crippen LogP contribution in [-0.4, -0.2) is 24.8 Å². The summed E-state index contributed by atoms with van der Waals surface area (Å²) in [7, 11) is 0. The van der Waals surface area contributed by atoms with Crippen LogP contribution < -0.4 is 15.0 Å². The third-order valence-electron chi connectivity index (χ3n) is 6.18. The average molecular weight is 477 g/mol. The Labute approximate surface area is 204 Å². The van der Waals surface area contributed by atoms with Crippen molar-refractivity contribution in [3.63, 3.8) is 0 Å². The number of rotatable bonds is 7. The summed E-state index contributed by atoms with van der Waals surface area (Å²) in [6.07, 6.45) is -0.257. The van der Waals surface area contributed by atoms with E-state index in [0.717, 1.165) is 30.1 Å². The number of anilines is 1. The van der Waals surface area contributed by atoms with Crippen LogP contribution in [0.4, 0.5) is 5.69 Å². The second-order valence-electron chi connectivity index (χ2n) is 8.16. The summed E-state index contributed by atoms with van der Waals surface area (Å²) in [6.45, 7) is 1.53. The number of nitrogens with one attached hydrogen (secondary N) is 1. The zero-order valence-corrected chi connectivity index (χ0v) is 19.8. The van der Waals surface area contributed by atoms with E-state index in [1.807, 2.05) is 0 Å². The van der Waals surface area contributed by atoms with Gasteiger partial charge >= 0.3 is 0 Å². The minimum absolute atomic E-state index is 0.0229. The van der Waals surface area contributed by atoms with Gasteiger partial charge in [0.15, 0.2) is 6.23 Å². The van der Waals surface area contributed by atoms with Crippen molar-refractivity contribution in [2.45, 2.75) is 12.3 Å². The zero-order valence-electron chi connectivity index (χ0n) is 18.3. The van der Waals surface area contributed by atoms with Crippen molar-refractivity contribution in [2.24, 2.45) is 0 Å². The molecule has 1 aliphatic rings. The fraction of sp³-hybridized carbons (Fsp3) is 0.214. The van der Waals surface area contributed by atoms with E-state index >= 15 is 0 Å². The van der Waals surface area contributed by atoms with Crippen LogP contribution in [0.2, 0.25) is 0 Å². The Morgan fingerprint density at radius 1 is 0.727 bits per heavy atom. The molecular weight excluding hydrogens is 451 g/mol. The number of nitrogens with zero attached hydrogens (tertiary/aromatic N) is 1. The van der Waals surface area contributed by atoms with Crippen LogP contribution in [0.3, 0.4) is 0 Å². The Kier molecular flexibility index (Phi) is 6.73. The van der Waals surface area contributed by atoms with Crippen molar-refractivity contribution in [1.29, 1.82) is 0 Å². The molecule has 1 heterocycles. The molecule has 0 aliphatic carbocycles. The van der Waals surface area contributed by atoms with Gasteiger partial charge in [0.05, 0.1) is 6.04 Å². The van der Waals surface area contributed by atoms with Gasteiger partial charge in [-0.3, -0.25) is 5.32 Å². The van der Waals surface area contributed by atoms with Gasteiger partial charge in [0.2, 0.25) is 0 Å². The quantitative estimate of drug-likeness (QED) is 0.293. The van der Waals surface area contributed by atoms with Gasteiger partial charge in [-0.15, -0.1) is 23.2 Å². The second kappa shape index (κ2) is 10.0. The Morgan fingerprint density at radius 2 is 1.42 bits per heavy atom. The van der Waals surface area contributed by atoms with Gasteiger partial charge in [-0.25, -0.2) is 0 Å². The van der Waals surface area contributed by atoms with E-state index in [2.05, 4.69) is 101 Å². The zero-order chi connectivity index (χ0) is 22.6. The van der Waals surface area contributed by atoms with Crippen molar-refractivity contribution >= 4 is 39.7 Å². The molecule has 4 aromatic rings. The van der Waals surface area contributed by atoms with Crippen LogP contribution in [-0.2, 0) is 0 Å². The maximum atomic E-state index is 6.51. The molecule has 0 spiro atoms. The number of ether oxygens (including phenoxy) is 1. The summed E-state index contributed by atoms with van der Waals surface area (Å²) in [6, 6.07) is 31.8. The first-order valence-corrected chi connectivity index (χ1v) is 12.3. The Hall–Kier alpha value is -2.72. The number of hydrogen-bond donors (Lipinski definition) is 1. The van der Waals surface area contributed by atoms with E-state index in [9.17, 15) is 0 Å². The monoisotopic (exact) mass is 476 g/mol. The van der Waals surface area contributed by atoms with Gasteiger partial charge in [-0.05, 0) is 34.5 Å². The summed E-state index contributed by atoms with van der Waals surface area (Å²) in [4.78, 5) is 2.20. The van der Waals surface area contributed by atoms with Crippen molar-refractivity contribution in [1.82, 2.24) is 5.32 Å². The lowest BCUT2D eigenvalue weighted by Crippen LogP contribution is -2.35. The largest absolute Gasteiger partial charge is 0.471 e. The molecule has 168 valence electrons. The molecule has 1 N–H and O–H groups in total. The normalized spacial score (nSPS) is 17.4. The van der Waals surface area contributed by atoms with Crippen LogP contribution in [0.15, 0.2) is 91.0 Å². The standard InChI is InChI=1S/C28H26Cl2N2O/c29-16-18-32(19-17-30)23-13-10-22(11-14-23)28-31-27(21-7-2-1-3-8-21)26-24-9-5-4-6-20(24)12-15-25(26)33-28/h1-15,27-28,31H,16-19H2/t27-,28-/m1/s1. The molecule has 0 amide bonds. The molecule has 4 aromatic carbocycles. The van der Waals surface area contributed by atoms with Crippen molar-refractivity contribution in [3.8, 4) is 5.75 Å². The lowest BCUT2D eigenvalue weighted by molar-refractivity contribution is 0.134. The van der Waals surface area contributed by atoms with Gasteiger partial charge < -0.3 is 9.64 Å². The van der Waals surface area contributed by atoms with E-state index in [-0.39, 0.29) is 12.3 Å². The molecule has 1 aliphatic heterocycles. The molecule has 33 heavy (non-hydrogen) atoms. The van der Waals surface area contributed by atoms with Crippen LogP contribution in [0, 0.1) is 0 Å². The first-order chi connectivity index (χ1) is 16.3. The minimum atomic E-state index is -0.257. The van der Waals surface area contributed by atoms with Crippen molar-refractivity contribution < 1.29 is 4.74 Å². The summed E-state index contributed by atoms with van der Waals surface area (Å²) < 4.78 is 6.51. The third-order valence-corrected chi connectivity index (χ3v) is 6.52. The van der Waals surface area contributed by atoms with Crippen LogP contribution in [0.25, 0.3) is 10.8 Å². The summed E-state index contributed by atoms with van der Waals surface area (Å²) in [5.41, 5.74) is 4.59. The van der Waals surface area contributed by atoms with E-state index in [4.69, 9.17) is 27.9 Å². The fourth-order valence-corrected chi connectivity index (χ4v) is 4.99. The molecule has 5 rings (SSSR count). The van der Waals surface area contributed by atoms with Gasteiger partial charge in [-0.1, -0.05) is 72.8 Å². The van der Waals surface area contributed by atoms with E-state index in [1.165, 1.54) is 21.9 Å². The number of halogens is 2. The van der Waals surface area contributed by atoms with Gasteiger partial charge in [-0.2, -0.15) is 0 Å². The molecule has 0 saturated carbocycles. The second-order valence-corrected chi connectivity index (χ2v) is 8.92. The molecular formula is C28H26Cl2N2O. The lowest BCUT2D eigenvalue weighted by atomic mass is 9.91. The highest BCUT2D eigenvalue weighted by Gasteiger charge is 2.31. The highest BCUT2D eigenvalue weighted by atomic mass is 35.5. The molecule has 0 saturated heterocycles. The predicted octanol–water partition coefficient (Wildman–Crippen LogP) is 6.89. The topological polar surface area (TPSA) is 24.5 Å². The number of hydrogen-bond acceptors (Lipinski definition) is 3. The third kappa shape index (κ3) is 4.54. The minimum Gasteiger partial charge on any atom is -0.471 e. The van der Waals surface area contributed by atoms with Crippen molar-refractivity contribution in [2.75, 3.05) is 29.7 Å². The molecule has 5 heteroatoms. The first-order valence-electron chi connectivity index (χ1n) is 11.2. The SMILES string of the molecule is ClCCN(CCCl)c1ccc([C@@H]2N[C@H](c3ccccc3)c3c(ccc4ccccc34)O2)cc1. The lowest BCUT2D eigenvalue weighted by Gasteiger charge is -2.35. The molecule has 0 bridgehead atoms. The Morgan fingerprint density at radius 3 is 2.15 bits per heavy atom. The number of alkyl halides is 2. The van der Waals surface area contributed by atoms with E-state index in [0.29, 0.717) is 11.8 Å². The predicted molar refractivity (Wildman–Crippen MR) is 139 cm³/mol. The maximum absolute atomic E-state index is 6.51. The van der Waals surface area contributed by atoms with Crippen LogP contribution >= 0.6 is 23.2 Å². The smallest absolute Gasteiger partial charge is 0.177 e. The van der Waals surface area contributed by atoms with Crippen molar-refractivity contribution in [3.05, 3.63) is 108 Å². The summed E-state index contributed by atoms with van der Waals surface area (Å²) >= 11 is 12.0. The summed E-state index contributed by atoms with van der Waals surface area (Å²) in [5.74, 6) is 2.05. The van der Waals surface area contributed by atoms with E-state index < -0.39 is 0 Å². The van der Waals surface area contributed by atoms with Crippen LogP contribution in [0.5, 0.6) is 5.75 Å². The fourth-order valence-electron chi connectivity index (χ4n) is 4.58. The molecule has 2 atom stereocenters. The molecule has 0 radical (unpaired) electrons. The number of fused-ring (bicyclic) bond motifs is 3. The maximum Gasteiger partial charge on any atom is 0.177 e. The van der Waals surface area contributed by atoms with Gasteiger partial charge in [0.25, 0.3) is 0 Å². The summed E-state index contributed by atoms with van der Waals surface area (Å²) in [5, 5.41) is 6.18. The highest BCUT2D eigenvalue weighted by molar-refractivity contribution is 6.18. The van der Waals surface area contributed by atoms with E-state index in [1.54, 1.807) is 0 Å². The highest BCUT2D eigenvalue weighted by Crippen LogP contribution is 2.42. The first kappa shape index (κ1) is 22.1. The van der Waals surface area contributed by atoms with Gasteiger partial charge in [0.1, 0.15) is 5.75 Å². The average Bonchev–Trinajstić information content (AvgIpc) is 2.88. The van der Waals surface area contributed by atoms with Crippen LogP contribution in [0.1, 0.15) is 29.0 Å². The Balaban J connectivity index is 1.52. The molecule has 0 fully saturated rings. The molecule has 0 aromatic heterocycles.